The first kappa shape index (κ1) is 20.4. The van der Waals surface area contributed by atoms with Crippen LogP contribution in [0.3, 0.4) is 0 Å². The minimum atomic E-state index is 0.0561. The van der Waals surface area contributed by atoms with E-state index in [1.165, 1.54) is 16.5 Å². The lowest BCUT2D eigenvalue weighted by Gasteiger charge is -2.20. The summed E-state index contributed by atoms with van der Waals surface area (Å²) in [6.07, 6.45) is 3.97. The molecule has 4 rings (SSSR count). The van der Waals surface area contributed by atoms with Gasteiger partial charge in [0.15, 0.2) is 0 Å². The zero-order valence-electron chi connectivity index (χ0n) is 17.7. The SMILES string of the molecule is CN(C)c1ccc(CCC(=O)NC2COCC2Cc2ccnc3ccccc23)cc1. The van der Waals surface area contributed by atoms with Crippen LogP contribution in [0.1, 0.15) is 17.5 Å². The topological polar surface area (TPSA) is 54.5 Å². The Morgan fingerprint density at radius 3 is 2.70 bits per heavy atom. The van der Waals surface area contributed by atoms with E-state index < -0.39 is 0 Å². The minimum Gasteiger partial charge on any atom is -0.379 e. The van der Waals surface area contributed by atoms with Crippen LogP contribution in [0.4, 0.5) is 5.69 Å². The van der Waals surface area contributed by atoms with Crippen molar-refractivity contribution in [1.82, 2.24) is 10.3 Å². The average molecular weight is 404 g/mol. The van der Waals surface area contributed by atoms with Crippen LogP contribution in [-0.4, -0.2) is 44.2 Å². The number of hydrogen-bond donors (Lipinski definition) is 1. The number of para-hydroxylation sites is 1. The van der Waals surface area contributed by atoms with E-state index in [1.54, 1.807) is 0 Å². The Balaban J connectivity index is 1.34. The lowest BCUT2D eigenvalue weighted by atomic mass is 9.93. The van der Waals surface area contributed by atoms with E-state index in [-0.39, 0.29) is 17.9 Å². The maximum absolute atomic E-state index is 12.6. The van der Waals surface area contributed by atoms with E-state index in [9.17, 15) is 4.79 Å². The summed E-state index contributed by atoms with van der Waals surface area (Å²) in [5.41, 5.74) is 4.61. The Morgan fingerprint density at radius 2 is 1.90 bits per heavy atom. The quantitative estimate of drug-likeness (QED) is 0.655. The van der Waals surface area contributed by atoms with Gasteiger partial charge in [-0.15, -0.1) is 0 Å². The molecule has 1 N–H and O–H groups in total. The molecule has 0 spiro atoms. The fourth-order valence-electron chi connectivity index (χ4n) is 4.07. The number of nitrogens with zero attached hydrogens (tertiary/aromatic N) is 2. The van der Waals surface area contributed by atoms with Crippen LogP contribution in [0.5, 0.6) is 0 Å². The van der Waals surface area contributed by atoms with Crippen molar-refractivity contribution in [3.05, 3.63) is 71.9 Å². The monoisotopic (exact) mass is 403 g/mol. The highest BCUT2D eigenvalue weighted by Gasteiger charge is 2.30. The lowest BCUT2D eigenvalue weighted by molar-refractivity contribution is -0.122. The van der Waals surface area contributed by atoms with Gasteiger partial charge in [0.1, 0.15) is 0 Å². The van der Waals surface area contributed by atoms with Crippen LogP contribution in [0.15, 0.2) is 60.8 Å². The predicted octanol–water partition coefficient (Wildman–Crippen LogP) is 3.61. The van der Waals surface area contributed by atoms with Gasteiger partial charge in [-0.25, -0.2) is 0 Å². The van der Waals surface area contributed by atoms with Gasteiger partial charge >= 0.3 is 0 Å². The van der Waals surface area contributed by atoms with E-state index >= 15 is 0 Å². The number of aromatic nitrogens is 1. The smallest absolute Gasteiger partial charge is 0.220 e. The third kappa shape index (κ3) is 4.79. The molecule has 2 unspecified atom stereocenters. The Labute approximate surface area is 178 Å². The first-order valence-corrected chi connectivity index (χ1v) is 10.6. The van der Waals surface area contributed by atoms with Gasteiger partial charge in [-0.3, -0.25) is 9.78 Å². The number of nitrogens with one attached hydrogen (secondary N) is 1. The summed E-state index contributed by atoms with van der Waals surface area (Å²) >= 11 is 0. The molecule has 2 heterocycles. The van der Waals surface area contributed by atoms with Crippen molar-refractivity contribution in [2.75, 3.05) is 32.2 Å². The van der Waals surface area contributed by atoms with E-state index in [0.29, 0.717) is 19.6 Å². The number of ether oxygens (including phenoxy) is 1. The number of fused-ring (bicyclic) bond motifs is 1. The summed E-state index contributed by atoms with van der Waals surface area (Å²) in [5, 5.41) is 4.39. The first-order chi connectivity index (χ1) is 14.6. The van der Waals surface area contributed by atoms with Crippen molar-refractivity contribution in [3.8, 4) is 0 Å². The number of rotatable bonds is 7. The molecule has 0 bridgehead atoms. The average Bonchev–Trinajstić information content (AvgIpc) is 3.19. The van der Waals surface area contributed by atoms with Crippen molar-refractivity contribution in [1.29, 1.82) is 0 Å². The Bertz CT molecular complexity index is 995. The third-order valence-corrected chi connectivity index (χ3v) is 5.86. The molecule has 1 aliphatic heterocycles. The number of aryl methyl sites for hydroxylation is 1. The number of hydrogen-bond acceptors (Lipinski definition) is 4. The molecule has 0 saturated carbocycles. The molecule has 1 aliphatic rings. The van der Waals surface area contributed by atoms with Crippen LogP contribution in [0.25, 0.3) is 10.9 Å². The Kier molecular flexibility index (Phi) is 6.29. The van der Waals surface area contributed by atoms with Crippen LogP contribution in [0, 0.1) is 5.92 Å². The highest BCUT2D eigenvalue weighted by molar-refractivity contribution is 5.82. The zero-order valence-corrected chi connectivity index (χ0v) is 17.7. The number of carbonyl (C=O) groups excluding carboxylic acids is 1. The van der Waals surface area contributed by atoms with Gasteiger partial charge < -0.3 is 15.0 Å². The van der Waals surface area contributed by atoms with Crippen molar-refractivity contribution in [3.63, 3.8) is 0 Å². The van der Waals surface area contributed by atoms with Crippen LogP contribution < -0.4 is 10.2 Å². The summed E-state index contributed by atoms with van der Waals surface area (Å²) in [4.78, 5) is 19.1. The highest BCUT2D eigenvalue weighted by Crippen LogP contribution is 2.24. The van der Waals surface area contributed by atoms with Crippen molar-refractivity contribution >= 4 is 22.5 Å². The molecule has 5 heteroatoms. The van der Waals surface area contributed by atoms with Gasteiger partial charge in [-0.1, -0.05) is 30.3 Å². The van der Waals surface area contributed by atoms with Crippen molar-refractivity contribution < 1.29 is 9.53 Å². The van der Waals surface area contributed by atoms with Crippen LogP contribution in [-0.2, 0) is 22.4 Å². The number of pyridine rings is 1. The minimum absolute atomic E-state index is 0.0561. The maximum atomic E-state index is 12.6. The third-order valence-electron chi connectivity index (χ3n) is 5.86. The second-order valence-corrected chi connectivity index (χ2v) is 8.22. The molecule has 2 aromatic carbocycles. The summed E-state index contributed by atoms with van der Waals surface area (Å²) in [6, 6.07) is 18.7. The Hall–Kier alpha value is -2.92. The second-order valence-electron chi connectivity index (χ2n) is 8.22. The first-order valence-electron chi connectivity index (χ1n) is 10.6. The largest absolute Gasteiger partial charge is 0.379 e. The summed E-state index contributed by atoms with van der Waals surface area (Å²) < 4.78 is 5.72. The number of amides is 1. The van der Waals surface area contributed by atoms with Gasteiger partial charge in [0.05, 0.1) is 24.8 Å². The molecule has 2 atom stereocenters. The van der Waals surface area contributed by atoms with Gasteiger partial charge in [0, 0.05) is 43.7 Å². The molecule has 30 heavy (non-hydrogen) atoms. The molecule has 3 aromatic rings. The van der Waals surface area contributed by atoms with Gasteiger partial charge in [-0.05, 0) is 48.2 Å². The molecule has 5 nitrogen and oxygen atoms in total. The molecule has 0 aliphatic carbocycles. The maximum Gasteiger partial charge on any atom is 0.220 e. The van der Waals surface area contributed by atoms with E-state index in [4.69, 9.17) is 4.74 Å². The van der Waals surface area contributed by atoms with E-state index in [2.05, 4.69) is 51.6 Å². The van der Waals surface area contributed by atoms with Crippen molar-refractivity contribution in [2.24, 2.45) is 5.92 Å². The molecule has 0 radical (unpaired) electrons. The zero-order chi connectivity index (χ0) is 20.9. The van der Waals surface area contributed by atoms with Gasteiger partial charge in [0.2, 0.25) is 5.91 Å². The molecule has 156 valence electrons. The summed E-state index contributed by atoms with van der Waals surface area (Å²) in [6.45, 7) is 1.25. The lowest BCUT2D eigenvalue weighted by Crippen LogP contribution is -2.40. The van der Waals surface area contributed by atoms with Crippen LogP contribution in [0.2, 0.25) is 0 Å². The summed E-state index contributed by atoms with van der Waals surface area (Å²) in [5.74, 6) is 0.367. The fraction of sp³-hybridized carbons (Fsp3) is 0.360. The van der Waals surface area contributed by atoms with Crippen molar-refractivity contribution in [2.45, 2.75) is 25.3 Å². The Morgan fingerprint density at radius 1 is 1.10 bits per heavy atom. The fourth-order valence-corrected chi connectivity index (χ4v) is 4.07. The normalized spacial score (nSPS) is 18.5. The highest BCUT2D eigenvalue weighted by atomic mass is 16.5. The molecule has 1 aromatic heterocycles. The number of carbonyl (C=O) groups is 1. The molecule has 1 fully saturated rings. The molecule has 1 saturated heterocycles. The van der Waals surface area contributed by atoms with E-state index in [0.717, 1.165) is 24.0 Å². The van der Waals surface area contributed by atoms with Crippen LogP contribution >= 0.6 is 0 Å². The molecular formula is C25H29N3O2. The summed E-state index contributed by atoms with van der Waals surface area (Å²) in [7, 11) is 4.05. The predicted molar refractivity (Wildman–Crippen MR) is 121 cm³/mol. The molecular weight excluding hydrogens is 374 g/mol. The number of anilines is 1. The molecule has 1 amide bonds. The van der Waals surface area contributed by atoms with Gasteiger partial charge in [-0.2, -0.15) is 0 Å². The van der Waals surface area contributed by atoms with Gasteiger partial charge in [0.25, 0.3) is 0 Å². The number of benzene rings is 2. The second kappa shape index (κ2) is 9.26. The van der Waals surface area contributed by atoms with E-state index in [1.807, 2.05) is 38.5 Å². The standard InChI is InChI=1S/C25H29N3O2/c1-28(2)21-10-7-18(8-11-21)9-12-25(29)27-24-17-30-16-20(24)15-19-13-14-26-23-6-4-3-5-22(19)23/h3-8,10-11,13-14,20,24H,9,12,15-17H2,1-2H3,(H,27,29).